The molecule has 0 aliphatic carbocycles. The van der Waals surface area contributed by atoms with Crippen molar-refractivity contribution in [1.82, 2.24) is 19.6 Å². The maximum absolute atomic E-state index is 12.6. The number of hydrogen-bond donors (Lipinski definition) is 2. The van der Waals surface area contributed by atoms with E-state index in [2.05, 4.69) is 15.1 Å². The second-order valence-electron chi connectivity index (χ2n) is 4.85. The van der Waals surface area contributed by atoms with Gasteiger partial charge in [0.15, 0.2) is 5.16 Å². The number of aromatic nitrogens is 4. The predicted molar refractivity (Wildman–Crippen MR) is 85.4 cm³/mol. The molecule has 0 saturated heterocycles. The molecule has 2 aromatic heterocycles. The zero-order valence-electron chi connectivity index (χ0n) is 12.1. The first-order chi connectivity index (χ1) is 10.7. The lowest BCUT2D eigenvalue weighted by atomic mass is 10.0. The summed E-state index contributed by atoms with van der Waals surface area (Å²) in [7, 11) is 0. The van der Waals surface area contributed by atoms with Crippen molar-refractivity contribution in [1.29, 1.82) is 0 Å². The van der Waals surface area contributed by atoms with Gasteiger partial charge in [-0.1, -0.05) is 42.1 Å². The quantitative estimate of drug-likeness (QED) is 0.693. The summed E-state index contributed by atoms with van der Waals surface area (Å²) in [6.07, 6.45) is 2.70. The number of aliphatic hydroxyl groups is 1. The lowest BCUT2D eigenvalue weighted by Crippen LogP contribution is -2.24. The molecule has 2 heterocycles. The molecule has 0 amide bonds. The minimum Gasteiger partial charge on any atom is -0.396 e. The molecule has 0 bridgehead atoms. The van der Waals surface area contributed by atoms with Crippen LogP contribution in [0.3, 0.4) is 0 Å². The zero-order chi connectivity index (χ0) is 15.5. The minimum atomic E-state index is -0.196. The van der Waals surface area contributed by atoms with Crippen LogP contribution in [-0.4, -0.2) is 37.6 Å². The maximum Gasteiger partial charge on any atom is 0.277 e. The van der Waals surface area contributed by atoms with E-state index in [0.29, 0.717) is 28.6 Å². The standard InChI is InChI=1S/C15H16N4O2S/c1-22-15-17-14-16-12(9-10-5-3-2-4-6-10)11(7-8-20)13(21)19(14)18-15/h2-6,20H,7-9H2,1H3,(H,16,17,18). The van der Waals surface area contributed by atoms with Crippen LogP contribution in [0.25, 0.3) is 5.78 Å². The Kier molecular flexibility index (Phi) is 4.26. The first-order valence-corrected chi connectivity index (χ1v) is 8.14. The van der Waals surface area contributed by atoms with E-state index in [1.807, 2.05) is 36.6 Å². The number of benzene rings is 1. The second kappa shape index (κ2) is 6.33. The number of rotatable bonds is 5. The van der Waals surface area contributed by atoms with Gasteiger partial charge in [0.1, 0.15) is 0 Å². The highest BCUT2D eigenvalue weighted by molar-refractivity contribution is 7.98. The van der Waals surface area contributed by atoms with E-state index in [9.17, 15) is 9.90 Å². The van der Waals surface area contributed by atoms with E-state index in [1.54, 1.807) is 0 Å². The smallest absolute Gasteiger partial charge is 0.277 e. The van der Waals surface area contributed by atoms with E-state index in [-0.39, 0.29) is 18.6 Å². The predicted octanol–water partition coefficient (Wildman–Crippen LogP) is 1.27. The van der Waals surface area contributed by atoms with Crippen molar-refractivity contribution in [3.05, 3.63) is 57.5 Å². The van der Waals surface area contributed by atoms with Gasteiger partial charge in [0.2, 0.25) is 0 Å². The second-order valence-corrected chi connectivity index (χ2v) is 5.64. The van der Waals surface area contributed by atoms with Gasteiger partial charge in [-0.15, -0.1) is 0 Å². The minimum absolute atomic E-state index is 0.0890. The van der Waals surface area contributed by atoms with Gasteiger partial charge in [-0.05, 0) is 11.8 Å². The Hall–Kier alpha value is -2.12. The van der Waals surface area contributed by atoms with Crippen LogP contribution in [0.4, 0.5) is 0 Å². The summed E-state index contributed by atoms with van der Waals surface area (Å²) >= 11 is 1.42. The maximum atomic E-state index is 12.6. The van der Waals surface area contributed by atoms with Gasteiger partial charge in [0.25, 0.3) is 11.3 Å². The first-order valence-electron chi connectivity index (χ1n) is 6.92. The molecule has 1 aromatic carbocycles. The molecule has 0 saturated carbocycles. The van der Waals surface area contributed by atoms with Crippen molar-refractivity contribution in [2.75, 3.05) is 12.9 Å². The summed E-state index contributed by atoms with van der Waals surface area (Å²) in [4.78, 5) is 21.4. The number of aromatic amines is 1. The summed E-state index contributed by atoms with van der Waals surface area (Å²) in [5.41, 5.74) is 2.07. The number of H-pyrrole nitrogens is 1. The highest BCUT2D eigenvalue weighted by Crippen LogP contribution is 2.13. The van der Waals surface area contributed by atoms with E-state index < -0.39 is 0 Å². The van der Waals surface area contributed by atoms with Crippen LogP contribution >= 0.6 is 11.8 Å². The Morgan fingerprint density at radius 2 is 2.05 bits per heavy atom. The van der Waals surface area contributed by atoms with E-state index in [1.165, 1.54) is 16.3 Å². The lowest BCUT2D eigenvalue weighted by Gasteiger charge is -2.07. The Morgan fingerprint density at radius 3 is 2.73 bits per heavy atom. The summed E-state index contributed by atoms with van der Waals surface area (Å²) in [6, 6.07) is 9.83. The molecule has 3 rings (SSSR count). The van der Waals surface area contributed by atoms with Crippen LogP contribution in [0, 0.1) is 0 Å². The normalized spacial score (nSPS) is 11.2. The van der Waals surface area contributed by atoms with Crippen molar-refractivity contribution in [2.45, 2.75) is 18.0 Å². The summed E-state index contributed by atoms with van der Waals surface area (Å²) in [5, 5.41) is 12.8. The monoisotopic (exact) mass is 316 g/mol. The third-order valence-electron chi connectivity index (χ3n) is 3.42. The van der Waals surface area contributed by atoms with Crippen LogP contribution in [-0.2, 0) is 12.8 Å². The summed E-state index contributed by atoms with van der Waals surface area (Å²) in [5.74, 6) is 0.363. The van der Waals surface area contributed by atoms with Crippen LogP contribution in [0.2, 0.25) is 0 Å². The molecule has 6 nitrogen and oxygen atoms in total. The zero-order valence-corrected chi connectivity index (χ0v) is 12.9. The molecule has 3 aromatic rings. The number of hydrogen-bond acceptors (Lipinski definition) is 5. The summed E-state index contributed by atoms with van der Waals surface area (Å²) in [6.45, 7) is -0.0890. The molecule has 0 aliphatic rings. The molecule has 0 aliphatic heterocycles. The molecule has 0 unspecified atom stereocenters. The first kappa shape index (κ1) is 14.8. The molecule has 2 N–H and O–H groups in total. The molecule has 114 valence electrons. The average Bonchev–Trinajstić information content (AvgIpc) is 2.95. The topological polar surface area (TPSA) is 83.3 Å². The third kappa shape index (κ3) is 2.77. The Morgan fingerprint density at radius 1 is 1.27 bits per heavy atom. The SMILES string of the molecule is CSc1nc2nc(Cc3ccccc3)c(CCO)c(=O)n2[nH]1. The Balaban J connectivity index is 2.14. The largest absolute Gasteiger partial charge is 0.396 e. The van der Waals surface area contributed by atoms with Gasteiger partial charge < -0.3 is 5.11 Å². The van der Waals surface area contributed by atoms with Crippen molar-refractivity contribution in [3.63, 3.8) is 0 Å². The van der Waals surface area contributed by atoms with Crippen molar-refractivity contribution < 1.29 is 5.11 Å². The van der Waals surface area contributed by atoms with Gasteiger partial charge >= 0.3 is 0 Å². The molecular weight excluding hydrogens is 300 g/mol. The molecule has 0 radical (unpaired) electrons. The highest BCUT2D eigenvalue weighted by Gasteiger charge is 2.15. The fourth-order valence-electron chi connectivity index (χ4n) is 2.36. The molecule has 0 atom stereocenters. The molecule has 0 fully saturated rings. The van der Waals surface area contributed by atoms with Gasteiger partial charge in [-0.25, -0.2) is 4.98 Å². The summed E-state index contributed by atoms with van der Waals surface area (Å²) < 4.78 is 1.34. The number of fused-ring (bicyclic) bond motifs is 1. The van der Waals surface area contributed by atoms with Gasteiger partial charge in [-0.3, -0.25) is 9.89 Å². The van der Waals surface area contributed by atoms with Crippen LogP contribution in [0.15, 0.2) is 40.3 Å². The Labute approximate surface area is 131 Å². The fourth-order valence-corrected chi connectivity index (χ4v) is 2.72. The van der Waals surface area contributed by atoms with Crippen molar-refractivity contribution >= 4 is 17.5 Å². The van der Waals surface area contributed by atoms with E-state index in [4.69, 9.17) is 0 Å². The van der Waals surface area contributed by atoms with Crippen LogP contribution < -0.4 is 5.56 Å². The molecular formula is C15H16N4O2S. The van der Waals surface area contributed by atoms with E-state index >= 15 is 0 Å². The number of nitrogens with one attached hydrogen (secondary N) is 1. The number of nitrogens with zero attached hydrogens (tertiary/aromatic N) is 3. The van der Waals surface area contributed by atoms with Crippen LogP contribution in [0.1, 0.15) is 16.8 Å². The number of aliphatic hydroxyl groups excluding tert-OH is 1. The van der Waals surface area contributed by atoms with Crippen LogP contribution in [0.5, 0.6) is 0 Å². The Bertz CT molecular complexity index is 842. The van der Waals surface area contributed by atoms with Gasteiger partial charge in [0.05, 0.1) is 5.69 Å². The third-order valence-corrected chi connectivity index (χ3v) is 3.99. The highest BCUT2D eigenvalue weighted by atomic mass is 32.2. The molecule has 7 heteroatoms. The van der Waals surface area contributed by atoms with Gasteiger partial charge in [-0.2, -0.15) is 9.50 Å². The van der Waals surface area contributed by atoms with Crippen molar-refractivity contribution in [3.8, 4) is 0 Å². The lowest BCUT2D eigenvalue weighted by molar-refractivity contribution is 0.298. The molecule has 0 spiro atoms. The molecule has 22 heavy (non-hydrogen) atoms. The van der Waals surface area contributed by atoms with Crippen molar-refractivity contribution in [2.24, 2.45) is 0 Å². The number of thioether (sulfide) groups is 1. The fraction of sp³-hybridized carbons (Fsp3) is 0.267. The van der Waals surface area contributed by atoms with E-state index in [0.717, 1.165) is 5.56 Å². The van der Waals surface area contributed by atoms with Gasteiger partial charge in [0, 0.05) is 25.0 Å². The average molecular weight is 316 g/mol.